The summed E-state index contributed by atoms with van der Waals surface area (Å²) in [6.45, 7) is 2.21. The number of hydrogen-bond acceptors (Lipinski definition) is 3. The van der Waals surface area contributed by atoms with Crippen molar-refractivity contribution in [2.24, 2.45) is 0 Å². The normalized spacial score (nSPS) is 37.4. The zero-order valence-corrected chi connectivity index (χ0v) is 12.1. The predicted octanol–water partition coefficient (Wildman–Crippen LogP) is 2.79. The molecule has 4 heteroatoms. The van der Waals surface area contributed by atoms with E-state index in [2.05, 4.69) is 47.4 Å². The van der Waals surface area contributed by atoms with Crippen LogP contribution in [0.2, 0.25) is 0 Å². The largest absolute Gasteiger partial charge is 0.380 e. The summed E-state index contributed by atoms with van der Waals surface area (Å²) in [7, 11) is 0. The summed E-state index contributed by atoms with van der Waals surface area (Å²) in [6, 6.07) is 9.00. The van der Waals surface area contributed by atoms with Crippen molar-refractivity contribution in [3.05, 3.63) is 53.6 Å². The second-order valence-electron chi connectivity index (χ2n) is 6.22. The maximum Gasteiger partial charge on any atom is 0.122 e. The molecule has 0 saturated carbocycles. The third kappa shape index (κ3) is 1.93. The summed E-state index contributed by atoms with van der Waals surface area (Å²) in [5.41, 5.74) is 10.5. The fourth-order valence-electron chi connectivity index (χ4n) is 3.76. The molecule has 3 nitrogen and oxygen atoms in total. The van der Waals surface area contributed by atoms with E-state index in [1.165, 1.54) is 16.8 Å². The number of benzene rings is 1. The van der Waals surface area contributed by atoms with E-state index in [1.807, 2.05) is 12.2 Å². The number of hydrogen-bond donors (Lipinski definition) is 3. The highest BCUT2D eigenvalue weighted by Crippen LogP contribution is 2.45. The highest BCUT2D eigenvalue weighted by molar-refractivity contribution is 5.62. The number of allylic oxidation sites excluding steroid dienone is 2. The van der Waals surface area contributed by atoms with Crippen molar-refractivity contribution in [1.82, 2.24) is 10.9 Å². The molecular formula is C17H20FN3. The van der Waals surface area contributed by atoms with Crippen molar-refractivity contribution < 1.29 is 4.39 Å². The molecule has 4 rings (SSSR count). The number of nitrogens with one attached hydrogen (secondary N) is 3. The van der Waals surface area contributed by atoms with Crippen molar-refractivity contribution in [2.75, 3.05) is 5.32 Å². The van der Waals surface area contributed by atoms with Gasteiger partial charge in [0.1, 0.15) is 6.17 Å². The molecule has 0 amide bonds. The average Bonchev–Trinajstić information content (AvgIpc) is 3.05. The zero-order chi connectivity index (χ0) is 14.4. The molecule has 1 aliphatic carbocycles. The maximum absolute atomic E-state index is 13.2. The Hall–Kier alpha value is -1.65. The van der Waals surface area contributed by atoms with E-state index >= 15 is 0 Å². The van der Waals surface area contributed by atoms with Crippen molar-refractivity contribution in [2.45, 2.75) is 43.6 Å². The molecule has 0 radical (unpaired) electrons. The number of fused-ring (bicyclic) bond motifs is 2. The Kier molecular flexibility index (Phi) is 2.91. The molecule has 1 saturated heterocycles. The number of hydrazine groups is 1. The zero-order valence-electron chi connectivity index (χ0n) is 12.1. The van der Waals surface area contributed by atoms with Crippen LogP contribution >= 0.6 is 0 Å². The first-order valence-corrected chi connectivity index (χ1v) is 7.60. The lowest BCUT2D eigenvalue weighted by molar-refractivity contribution is 0.345. The topological polar surface area (TPSA) is 36.1 Å². The average molecular weight is 285 g/mol. The Morgan fingerprint density at radius 1 is 1.29 bits per heavy atom. The van der Waals surface area contributed by atoms with E-state index in [1.54, 1.807) is 6.08 Å². The molecule has 2 heterocycles. The summed E-state index contributed by atoms with van der Waals surface area (Å²) in [6.07, 6.45) is 6.22. The van der Waals surface area contributed by atoms with Gasteiger partial charge in [-0.3, -0.25) is 0 Å². The third-order valence-corrected chi connectivity index (χ3v) is 4.99. The first kappa shape index (κ1) is 13.0. The minimum Gasteiger partial charge on any atom is -0.380 e. The van der Waals surface area contributed by atoms with E-state index in [0.717, 1.165) is 6.42 Å². The Morgan fingerprint density at radius 3 is 2.95 bits per heavy atom. The van der Waals surface area contributed by atoms with Crippen LogP contribution in [-0.4, -0.2) is 18.3 Å². The second-order valence-corrected chi connectivity index (χ2v) is 6.22. The van der Waals surface area contributed by atoms with Crippen LogP contribution in [0.25, 0.3) is 0 Å². The lowest BCUT2D eigenvalue weighted by atomic mass is 9.81. The number of alkyl halides is 1. The molecule has 1 spiro atoms. The molecule has 1 aromatic rings. The van der Waals surface area contributed by atoms with Gasteiger partial charge >= 0.3 is 0 Å². The van der Waals surface area contributed by atoms with Crippen LogP contribution in [0.4, 0.5) is 10.1 Å². The molecule has 2 aliphatic heterocycles. The molecule has 3 aliphatic rings. The predicted molar refractivity (Wildman–Crippen MR) is 82.6 cm³/mol. The second kappa shape index (κ2) is 4.68. The van der Waals surface area contributed by atoms with Crippen LogP contribution in [0.3, 0.4) is 0 Å². The minimum absolute atomic E-state index is 0.0947. The highest BCUT2D eigenvalue weighted by atomic mass is 19.1. The molecule has 1 aromatic carbocycles. The Bertz CT molecular complexity index is 624. The van der Waals surface area contributed by atoms with E-state index < -0.39 is 6.17 Å². The van der Waals surface area contributed by atoms with Crippen LogP contribution in [0, 0.1) is 0 Å². The van der Waals surface area contributed by atoms with E-state index in [4.69, 9.17) is 0 Å². The van der Waals surface area contributed by atoms with Crippen LogP contribution in [0.15, 0.2) is 48.1 Å². The Labute approximate surface area is 124 Å². The number of halogens is 1. The van der Waals surface area contributed by atoms with Gasteiger partial charge in [0.25, 0.3) is 0 Å². The van der Waals surface area contributed by atoms with Crippen LogP contribution in [-0.2, 0) is 5.54 Å². The van der Waals surface area contributed by atoms with E-state index in [-0.39, 0.29) is 11.6 Å². The van der Waals surface area contributed by atoms with E-state index in [0.29, 0.717) is 12.5 Å². The molecule has 3 unspecified atom stereocenters. The summed E-state index contributed by atoms with van der Waals surface area (Å²) in [5.74, 6) is 0. The summed E-state index contributed by atoms with van der Waals surface area (Å²) >= 11 is 0. The molecule has 0 aromatic heterocycles. The fourth-order valence-corrected chi connectivity index (χ4v) is 3.76. The molecule has 3 N–H and O–H groups in total. The molecule has 21 heavy (non-hydrogen) atoms. The maximum atomic E-state index is 13.2. The van der Waals surface area contributed by atoms with Gasteiger partial charge in [-0.1, -0.05) is 36.4 Å². The number of rotatable bonds is 1. The van der Waals surface area contributed by atoms with Gasteiger partial charge in [0.2, 0.25) is 0 Å². The smallest absolute Gasteiger partial charge is 0.122 e. The third-order valence-electron chi connectivity index (χ3n) is 4.99. The van der Waals surface area contributed by atoms with Gasteiger partial charge in [-0.2, -0.15) is 0 Å². The fraction of sp³-hybridized carbons (Fsp3) is 0.412. The molecular weight excluding hydrogens is 265 g/mol. The van der Waals surface area contributed by atoms with Crippen LogP contribution in [0.5, 0.6) is 0 Å². The van der Waals surface area contributed by atoms with Gasteiger partial charge in [-0.05, 0) is 30.5 Å². The standard InChI is InChI=1S/C17H20FN3/c1-11-17(14-4-2-3-5-15(14)19-11)10-16(20-21-17)12-6-8-13(18)9-7-12/h2-8,11,13,16,19-21H,9-10H2,1H3/t11-,13?,16?,17?/m0/s1. The van der Waals surface area contributed by atoms with Gasteiger partial charge in [-0.15, -0.1) is 0 Å². The molecule has 1 fully saturated rings. The van der Waals surface area contributed by atoms with Crippen molar-refractivity contribution in [1.29, 1.82) is 0 Å². The van der Waals surface area contributed by atoms with Gasteiger partial charge in [-0.25, -0.2) is 15.2 Å². The summed E-state index contributed by atoms with van der Waals surface area (Å²) in [5, 5.41) is 3.56. The van der Waals surface area contributed by atoms with Crippen molar-refractivity contribution in [3.8, 4) is 0 Å². The van der Waals surface area contributed by atoms with Crippen molar-refractivity contribution in [3.63, 3.8) is 0 Å². The highest BCUT2D eigenvalue weighted by Gasteiger charge is 2.50. The van der Waals surface area contributed by atoms with E-state index in [9.17, 15) is 4.39 Å². The van der Waals surface area contributed by atoms with Crippen LogP contribution < -0.4 is 16.2 Å². The lowest BCUT2D eigenvalue weighted by Crippen LogP contribution is -2.48. The Morgan fingerprint density at radius 2 is 2.14 bits per heavy atom. The Balaban J connectivity index is 1.63. The van der Waals surface area contributed by atoms with Gasteiger partial charge in [0.05, 0.1) is 5.54 Å². The minimum atomic E-state index is -0.829. The summed E-state index contributed by atoms with van der Waals surface area (Å²) in [4.78, 5) is 0. The van der Waals surface area contributed by atoms with Gasteiger partial charge in [0, 0.05) is 24.2 Å². The van der Waals surface area contributed by atoms with Crippen molar-refractivity contribution >= 4 is 5.69 Å². The lowest BCUT2D eigenvalue weighted by Gasteiger charge is -2.29. The quantitative estimate of drug-likeness (QED) is 0.742. The molecule has 4 atom stereocenters. The van der Waals surface area contributed by atoms with Gasteiger partial charge < -0.3 is 5.32 Å². The molecule has 0 bridgehead atoms. The number of anilines is 1. The molecule has 110 valence electrons. The SMILES string of the molecule is C[C@@H]1Nc2ccccc2C12CC(C1=CCC(F)C=C1)NN2. The number of para-hydroxylation sites is 1. The summed E-state index contributed by atoms with van der Waals surface area (Å²) < 4.78 is 13.2. The first-order chi connectivity index (χ1) is 10.2. The first-order valence-electron chi connectivity index (χ1n) is 7.60. The van der Waals surface area contributed by atoms with Gasteiger partial charge in [0.15, 0.2) is 0 Å². The monoisotopic (exact) mass is 285 g/mol. The van der Waals surface area contributed by atoms with Crippen LogP contribution in [0.1, 0.15) is 25.3 Å².